The van der Waals surface area contributed by atoms with Crippen LogP contribution in [0.3, 0.4) is 0 Å². The number of carbonyl (C=O) groups excluding carboxylic acids is 2. The van der Waals surface area contributed by atoms with Gasteiger partial charge in [-0.2, -0.15) is 0 Å². The number of nitrogens with one attached hydrogen (secondary N) is 1. The van der Waals surface area contributed by atoms with Crippen molar-refractivity contribution in [2.75, 3.05) is 13.1 Å². The highest BCUT2D eigenvalue weighted by molar-refractivity contribution is 5.94. The fraction of sp³-hybridized carbons (Fsp3) is 0.550. The zero-order valence-electron chi connectivity index (χ0n) is 15.2. The maximum atomic E-state index is 13.8. The third-order valence-corrected chi connectivity index (χ3v) is 5.63. The normalized spacial score (nSPS) is 23.7. The van der Waals surface area contributed by atoms with E-state index in [9.17, 15) is 18.8 Å². The number of nitrogens with zero attached hydrogens (tertiary/aromatic N) is 1. The van der Waals surface area contributed by atoms with Crippen LogP contribution in [0.2, 0.25) is 0 Å². The van der Waals surface area contributed by atoms with E-state index in [2.05, 4.69) is 5.32 Å². The summed E-state index contributed by atoms with van der Waals surface area (Å²) in [5, 5.41) is 12.2. The molecule has 1 aliphatic carbocycles. The predicted molar refractivity (Wildman–Crippen MR) is 96.6 cm³/mol. The average Bonchev–Trinajstić information content (AvgIpc) is 2.68. The first-order chi connectivity index (χ1) is 13.0. The Morgan fingerprint density at radius 2 is 1.70 bits per heavy atom. The first kappa shape index (κ1) is 19.3. The van der Waals surface area contributed by atoms with Gasteiger partial charge in [-0.3, -0.25) is 14.4 Å². The van der Waals surface area contributed by atoms with Gasteiger partial charge in [0, 0.05) is 25.0 Å². The van der Waals surface area contributed by atoms with Crippen molar-refractivity contribution in [2.45, 2.75) is 44.6 Å². The van der Waals surface area contributed by atoms with E-state index in [4.69, 9.17) is 5.11 Å². The number of likely N-dealkylation sites (tertiary alicyclic amines) is 1. The number of halogens is 1. The van der Waals surface area contributed by atoms with Gasteiger partial charge >= 0.3 is 5.97 Å². The number of amides is 2. The van der Waals surface area contributed by atoms with Gasteiger partial charge in [0.25, 0.3) is 5.91 Å². The summed E-state index contributed by atoms with van der Waals surface area (Å²) in [4.78, 5) is 37.7. The molecule has 1 saturated carbocycles. The Bertz CT molecular complexity index is 716. The summed E-state index contributed by atoms with van der Waals surface area (Å²) in [6.45, 7) is 0.918. The molecule has 6 nitrogen and oxygen atoms in total. The molecule has 2 atom stereocenters. The van der Waals surface area contributed by atoms with Crippen LogP contribution in [0.15, 0.2) is 24.3 Å². The Labute approximate surface area is 157 Å². The van der Waals surface area contributed by atoms with E-state index in [-0.39, 0.29) is 29.3 Å². The summed E-state index contributed by atoms with van der Waals surface area (Å²) in [7, 11) is 0. The molecule has 2 unspecified atom stereocenters. The lowest BCUT2D eigenvalue weighted by molar-refractivity contribution is -0.144. The van der Waals surface area contributed by atoms with Crippen molar-refractivity contribution >= 4 is 17.8 Å². The molecule has 0 radical (unpaired) electrons. The van der Waals surface area contributed by atoms with Crippen molar-refractivity contribution in [3.8, 4) is 0 Å². The fourth-order valence-electron chi connectivity index (χ4n) is 4.00. The molecule has 1 aromatic carbocycles. The number of rotatable bonds is 4. The van der Waals surface area contributed by atoms with Gasteiger partial charge in [0.2, 0.25) is 5.91 Å². The Balaban J connectivity index is 1.49. The molecule has 0 spiro atoms. The second-order valence-corrected chi connectivity index (χ2v) is 7.45. The number of hydrogen-bond donors (Lipinski definition) is 2. The molecule has 2 aliphatic rings. The third kappa shape index (κ3) is 4.64. The number of piperidine rings is 1. The molecule has 1 aromatic rings. The molecule has 2 N–H and O–H groups in total. The lowest BCUT2D eigenvalue weighted by Crippen LogP contribution is -2.48. The van der Waals surface area contributed by atoms with E-state index in [1.807, 2.05) is 0 Å². The molecular weight excluding hydrogens is 351 g/mol. The average molecular weight is 376 g/mol. The maximum absolute atomic E-state index is 13.8. The SMILES string of the molecule is O=C(O)C1CCCC(C(=O)NC2CCN(C(=O)c3ccccc3F)CC2)C1. The summed E-state index contributed by atoms with van der Waals surface area (Å²) in [5.74, 6) is -2.45. The van der Waals surface area contributed by atoms with Gasteiger partial charge in [-0.1, -0.05) is 18.6 Å². The summed E-state index contributed by atoms with van der Waals surface area (Å²) < 4.78 is 13.8. The van der Waals surface area contributed by atoms with E-state index < -0.39 is 17.7 Å². The molecule has 0 bridgehead atoms. The van der Waals surface area contributed by atoms with Gasteiger partial charge in [0.15, 0.2) is 0 Å². The van der Waals surface area contributed by atoms with Crippen LogP contribution in [0.25, 0.3) is 0 Å². The van der Waals surface area contributed by atoms with Crippen LogP contribution < -0.4 is 5.32 Å². The highest BCUT2D eigenvalue weighted by Crippen LogP contribution is 2.29. The quantitative estimate of drug-likeness (QED) is 0.845. The fourth-order valence-corrected chi connectivity index (χ4v) is 4.00. The topological polar surface area (TPSA) is 86.7 Å². The molecule has 1 saturated heterocycles. The monoisotopic (exact) mass is 376 g/mol. The Morgan fingerprint density at radius 1 is 1.04 bits per heavy atom. The van der Waals surface area contributed by atoms with Crippen molar-refractivity contribution in [1.29, 1.82) is 0 Å². The van der Waals surface area contributed by atoms with E-state index in [0.29, 0.717) is 38.8 Å². The molecule has 0 aromatic heterocycles. The third-order valence-electron chi connectivity index (χ3n) is 5.63. The van der Waals surface area contributed by atoms with Crippen LogP contribution in [0, 0.1) is 17.7 Å². The lowest BCUT2D eigenvalue weighted by Gasteiger charge is -2.34. The van der Waals surface area contributed by atoms with Gasteiger partial charge in [-0.15, -0.1) is 0 Å². The number of carboxylic acid groups (broad SMARTS) is 1. The van der Waals surface area contributed by atoms with E-state index in [0.717, 1.165) is 12.8 Å². The number of benzene rings is 1. The van der Waals surface area contributed by atoms with Crippen molar-refractivity contribution in [3.05, 3.63) is 35.6 Å². The van der Waals surface area contributed by atoms with E-state index >= 15 is 0 Å². The summed E-state index contributed by atoms with van der Waals surface area (Å²) in [6, 6.07) is 5.90. The van der Waals surface area contributed by atoms with Gasteiger partial charge in [-0.05, 0) is 44.2 Å². The first-order valence-electron chi connectivity index (χ1n) is 9.52. The standard InChI is InChI=1S/C20H25FN2O4/c21-17-7-2-1-6-16(17)19(25)23-10-8-15(9-11-23)22-18(24)13-4-3-5-14(12-13)20(26)27/h1-2,6-7,13-15H,3-5,8-12H2,(H,22,24)(H,26,27). The Hall–Kier alpha value is -2.44. The van der Waals surface area contributed by atoms with Gasteiger partial charge in [0.05, 0.1) is 11.5 Å². The van der Waals surface area contributed by atoms with Gasteiger partial charge in [0.1, 0.15) is 5.82 Å². The summed E-state index contributed by atoms with van der Waals surface area (Å²) >= 11 is 0. The van der Waals surface area contributed by atoms with Crippen LogP contribution in [0.4, 0.5) is 4.39 Å². The molecule has 1 heterocycles. The molecule has 2 amide bonds. The van der Waals surface area contributed by atoms with Crippen molar-refractivity contribution in [1.82, 2.24) is 10.2 Å². The second kappa shape index (κ2) is 8.50. The highest BCUT2D eigenvalue weighted by atomic mass is 19.1. The van der Waals surface area contributed by atoms with Crippen LogP contribution in [-0.2, 0) is 9.59 Å². The maximum Gasteiger partial charge on any atom is 0.306 e. The van der Waals surface area contributed by atoms with Crippen LogP contribution in [-0.4, -0.2) is 46.9 Å². The van der Waals surface area contributed by atoms with Crippen LogP contribution >= 0.6 is 0 Å². The number of aliphatic carboxylic acids is 1. The number of hydrogen-bond acceptors (Lipinski definition) is 3. The Morgan fingerprint density at radius 3 is 2.37 bits per heavy atom. The number of carbonyl (C=O) groups is 3. The van der Waals surface area contributed by atoms with E-state index in [1.165, 1.54) is 12.1 Å². The van der Waals surface area contributed by atoms with Gasteiger partial charge < -0.3 is 15.3 Å². The molecule has 1 aliphatic heterocycles. The molecule has 2 fully saturated rings. The minimum Gasteiger partial charge on any atom is -0.481 e. The Kier molecular flexibility index (Phi) is 6.08. The molecule has 27 heavy (non-hydrogen) atoms. The smallest absolute Gasteiger partial charge is 0.306 e. The largest absolute Gasteiger partial charge is 0.481 e. The molecular formula is C20H25FN2O4. The van der Waals surface area contributed by atoms with Crippen molar-refractivity contribution < 1.29 is 23.9 Å². The van der Waals surface area contributed by atoms with Crippen LogP contribution in [0.5, 0.6) is 0 Å². The first-order valence-corrected chi connectivity index (χ1v) is 9.52. The summed E-state index contributed by atoms with van der Waals surface area (Å²) in [6.07, 6.45) is 3.73. The minimum absolute atomic E-state index is 0.0348. The predicted octanol–water partition coefficient (Wildman–Crippen LogP) is 2.44. The number of carboxylic acids is 1. The second-order valence-electron chi connectivity index (χ2n) is 7.45. The van der Waals surface area contributed by atoms with Gasteiger partial charge in [-0.25, -0.2) is 4.39 Å². The van der Waals surface area contributed by atoms with Crippen LogP contribution in [0.1, 0.15) is 48.9 Å². The lowest BCUT2D eigenvalue weighted by atomic mass is 9.81. The zero-order valence-corrected chi connectivity index (χ0v) is 15.2. The summed E-state index contributed by atoms with van der Waals surface area (Å²) in [5.41, 5.74) is 0.0712. The molecule has 146 valence electrons. The highest BCUT2D eigenvalue weighted by Gasteiger charge is 2.33. The molecule has 3 rings (SSSR count). The van der Waals surface area contributed by atoms with Crippen molar-refractivity contribution in [3.63, 3.8) is 0 Å². The zero-order chi connectivity index (χ0) is 19.4. The van der Waals surface area contributed by atoms with Crippen molar-refractivity contribution in [2.24, 2.45) is 11.8 Å². The minimum atomic E-state index is -0.826. The van der Waals surface area contributed by atoms with E-state index in [1.54, 1.807) is 17.0 Å². The molecule has 7 heteroatoms.